The largest absolute Gasteiger partial charge is 0.456 e. The molecule has 143 heavy (non-hydrogen) atoms. The van der Waals surface area contributed by atoms with Gasteiger partial charge in [-0.3, -0.25) is 0 Å². The Morgan fingerprint density at radius 1 is 0.140 bits per heavy atom. The second-order valence-electron chi connectivity index (χ2n) is 32.6. The highest BCUT2D eigenvalue weighted by atomic mass is 16.3. The first-order valence-corrected chi connectivity index (χ1v) is 43.8. The predicted octanol–water partition coefficient (Wildman–Crippen LogP) is 40.4. The summed E-state index contributed by atoms with van der Waals surface area (Å²) in [4.78, 5) is 0. The molecule has 3 aromatic heterocycles. The van der Waals surface area contributed by atoms with Crippen LogP contribution in [-0.2, 0) is 0 Å². The number of rotatable bonds is 10. The van der Waals surface area contributed by atoms with Crippen LogP contribution in [0.5, 0.6) is 0 Å². The first-order chi connectivity index (χ1) is 98.4. The van der Waals surface area contributed by atoms with Gasteiger partial charge in [-0.25, -0.2) is 0 Å². The van der Waals surface area contributed by atoms with E-state index in [0.29, 0.717) is 38.8 Å². The lowest BCUT2D eigenvalue weighted by molar-refractivity contribution is 0.669. The van der Waals surface area contributed by atoms with Gasteiger partial charge in [0.1, 0.15) is 33.5 Å². The summed E-state index contributed by atoms with van der Waals surface area (Å²) in [6.07, 6.45) is 0. The van der Waals surface area contributed by atoms with Crippen LogP contribution in [0.2, 0.25) is 0 Å². The molecule has 666 valence electrons. The Labute approximate surface area is 918 Å². The molecule has 0 atom stereocenters. The van der Waals surface area contributed by atoms with E-state index in [4.69, 9.17) is 65.3 Å². The number of hydrogen-bond donors (Lipinski definition) is 0. The Morgan fingerprint density at radius 3 is 0.979 bits per heavy atom. The molecule has 0 amide bonds. The molecule has 30 rings (SSSR count). The molecular weight excluding hydrogens is 1730 g/mol. The summed E-state index contributed by atoms with van der Waals surface area (Å²) in [6.45, 7) is 0. The van der Waals surface area contributed by atoms with Crippen LogP contribution in [-0.4, -0.2) is 0 Å². The molecule has 0 spiro atoms. The Balaban J connectivity index is 0.000000144. The third-order valence-electron chi connectivity index (χ3n) is 24.9. The smallest absolute Gasteiger partial charge is 0.136 e. The van der Waals surface area contributed by atoms with Gasteiger partial charge in [0.25, 0.3) is 0 Å². The van der Waals surface area contributed by atoms with Gasteiger partial charge in [-0.1, -0.05) is 460 Å². The molecule has 3 nitrogen and oxygen atoms in total. The summed E-state index contributed by atoms with van der Waals surface area (Å²) in [5.74, 6) is 0. The van der Waals surface area contributed by atoms with Crippen molar-refractivity contribution in [3.8, 4) is 111 Å². The minimum atomic E-state index is -1.15. The zero-order valence-electron chi connectivity index (χ0n) is 139. The van der Waals surface area contributed by atoms with Crippen molar-refractivity contribution in [2.75, 3.05) is 0 Å². The van der Waals surface area contributed by atoms with Crippen molar-refractivity contribution < 1.29 is 105 Å². The van der Waals surface area contributed by atoms with Crippen molar-refractivity contribution in [2.24, 2.45) is 0 Å². The van der Waals surface area contributed by atoms with Crippen LogP contribution in [0, 0.1) is 0 Å². The van der Waals surface area contributed by atoms with Gasteiger partial charge < -0.3 is 13.3 Å². The number of furan rings is 3. The Hall–Kier alpha value is -18.8. The summed E-state index contributed by atoms with van der Waals surface area (Å²) in [6, 6.07) is -18.6. The van der Waals surface area contributed by atoms with Gasteiger partial charge in [0.05, 0.1) is 90.5 Å². The van der Waals surface area contributed by atoms with Crippen molar-refractivity contribution >= 4 is 184 Å². The molecular formula is C140H88O3. The summed E-state index contributed by atoms with van der Waals surface area (Å²) in [5.41, 5.74) is -8.95. The maximum absolute atomic E-state index is 9.73. The van der Waals surface area contributed by atoms with Gasteiger partial charge in [-0.2, -0.15) is 0 Å². The topological polar surface area (TPSA) is 39.4 Å². The van der Waals surface area contributed by atoms with E-state index in [2.05, 4.69) is 18.2 Å². The summed E-state index contributed by atoms with van der Waals surface area (Å²) >= 11 is 0. The van der Waals surface area contributed by atoms with Crippen LogP contribution in [0.25, 0.3) is 296 Å². The lowest BCUT2D eigenvalue weighted by Crippen LogP contribution is -1.92. The second kappa shape index (κ2) is 34.1. The van der Waals surface area contributed by atoms with Gasteiger partial charge >= 0.3 is 0 Å². The lowest BCUT2D eigenvalue weighted by atomic mass is 9.83. The average molecular weight is 1890 g/mol. The first kappa shape index (κ1) is 40.0. The molecule has 0 aliphatic rings. The SMILES string of the molecule is [2HH].[2H]c1c([2H])c(-c2c([2H])c([2H])c([2H])c3oc4c([2H])c5c([2H])c([2H])c([2H])c([2H])c5c([2H])c4c23)c([2H])c([2H])c1-c1c2c([2H])c([2H])c([2H])c([2H])c2c(-c2c([2H])c([2H])c3c([2H])c([2H])c([2H])c([2H])c3c2[2H])c2c([2H])c([2H])c([2H])c([2H])c12.[2H]c1c([2H])c([2H])c(-c2c([2H])c([2H])c([2H])c([2H])c2-c2c3c([2H])c([2H])c([2H])c([2H])c3c(-c3c([2H])c([2H])c(-c4c([2H])c([2H])c([2H])c5oc6c([2H])c7c([2H])c([2H])c([2H])c([2H])c7c([2H])c6c45)c([2H])c3[2H])c3c([2H])c([2H])c([2H])c([2H])c23)c([2H])c1[2H].[2H]c1c([2H])c([2H])c2c(-c3cccc4oc5cc6ccccc6cc5c34)c3c([2H])c([2H])c([2H])c([2H])c3c(-c3ccc(-c4cccc5ccccc45)cc3)c2c1[2H]. The minimum Gasteiger partial charge on any atom is -0.456 e. The molecule has 0 bridgehead atoms. The third-order valence-corrected chi connectivity index (χ3v) is 24.9. The number of hydrogen-bond acceptors (Lipinski definition) is 3. The summed E-state index contributed by atoms with van der Waals surface area (Å²) in [5, 5.41) is -5.13. The van der Waals surface area contributed by atoms with Crippen LogP contribution in [0.1, 0.15) is 91.9 Å². The monoisotopic (exact) mass is 1880 g/mol. The second-order valence-corrected chi connectivity index (χ2v) is 32.6. The van der Waals surface area contributed by atoms with Gasteiger partial charge in [-0.05, 0) is 290 Å². The van der Waals surface area contributed by atoms with E-state index in [1.807, 2.05) is 97.1 Å². The molecule has 30 aromatic rings. The molecule has 0 unspecified atom stereocenters. The third kappa shape index (κ3) is 13.9. The fraction of sp³-hybridized carbons (Fsp3) is 0. The molecule has 0 fully saturated rings. The zero-order chi connectivity index (χ0) is 152. The first-order valence-electron chi connectivity index (χ1n) is 76.8. The standard InChI is InChI=1S/C48H30O.2C46H28O.H2/c1-2-13-31(14-3-1)36-17-6-7-18-38(36)47-41-21-10-8-19-39(41)46(40-20-9-11-22-42(40)47)33-27-25-32(26-28-33)37-23-12-24-44-48(37)43-29-34-15-4-5-16-35(34)30-45(43)49-44;1-2-13-33-28-43-41(27-32(33)12-1)46-40(21-10-22-42(46)47-43)45-38-18-7-5-16-36(38)44(37-17-6-8-19-39(37)45)31-25-23-30(24-26-31)35-20-9-14-29-11-3-4-15-34(29)35;1-2-11-32-26-35(25-20-29(32)10-1)45-39-16-7-5-14-37(39)44(38-15-6-8-17-40(38)45)31-23-21-30(22-24-31)36-18-9-19-42-46(36)41-27-33-12-3-4-13-34(33)28-43(41)47-42;/h1-30H;2*1-28H;1H/i1D,2D,3D,4D,5D,6D,7D,8D,9D,10D,11D,12D,13D,14D,15D,16D,17D,18D,19D,20D,21D,22D,23D,24D,25D,26D,27D,28D,29D,30D;5D,6D,7D,8D,16D,17D,18D,19D;1D,2D,3D,4D,5D,6D,7D,8D,9D,10D,11D,12D,13D,14D,15D,16D,17D,18D,19D,20D,21D,22D,23D,24D,25D,26D,27D,28D;1+1. The lowest BCUT2D eigenvalue weighted by Gasteiger charge is -2.20. The quantitative estimate of drug-likeness (QED) is 0.128. The Morgan fingerprint density at radius 2 is 0.476 bits per heavy atom. The van der Waals surface area contributed by atoms with Crippen molar-refractivity contribution in [3.05, 3.63) is 520 Å². The fourth-order valence-corrected chi connectivity index (χ4v) is 18.7. The molecule has 0 saturated carbocycles. The molecule has 0 aliphatic carbocycles. The van der Waals surface area contributed by atoms with Crippen LogP contribution < -0.4 is 0 Å². The molecule has 3 heterocycles. The molecule has 0 saturated heterocycles. The predicted molar refractivity (Wildman–Crippen MR) is 610 cm³/mol. The number of fused-ring (bicyclic) bond motifs is 20. The highest BCUT2D eigenvalue weighted by Crippen LogP contribution is 2.53. The maximum Gasteiger partial charge on any atom is 0.136 e. The van der Waals surface area contributed by atoms with E-state index < -0.39 is 572 Å². The highest BCUT2D eigenvalue weighted by molar-refractivity contribution is 6.29. The van der Waals surface area contributed by atoms with Crippen LogP contribution in [0.4, 0.5) is 0 Å². The van der Waals surface area contributed by atoms with E-state index in [1.54, 1.807) is 6.07 Å². The van der Waals surface area contributed by atoms with Crippen molar-refractivity contribution in [3.63, 3.8) is 0 Å². The van der Waals surface area contributed by atoms with E-state index in [1.165, 1.54) is 0 Å². The van der Waals surface area contributed by atoms with E-state index >= 15 is 0 Å². The van der Waals surface area contributed by atoms with Crippen molar-refractivity contribution in [2.45, 2.75) is 0 Å². The van der Waals surface area contributed by atoms with E-state index in [0.717, 1.165) is 38.1 Å². The average Bonchev–Trinajstić information content (AvgIpc) is 0.883. The molecule has 0 radical (unpaired) electrons. The molecule has 3 heteroatoms. The van der Waals surface area contributed by atoms with E-state index in [-0.39, 0.29) is 47.1 Å². The van der Waals surface area contributed by atoms with Gasteiger partial charge in [-0.15, -0.1) is 0 Å². The number of benzene rings is 27. The van der Waals surface area contributed by atoms with Gasteiger partial charge in [0, 0.05) is 33.7 Å². The minimum absolute atomic E-state index is 0. The zero-order valence-corrected chi connectivity index (χ0v) is 72.8. The van der Waals surface area contributed by atoms with Gasteiger partial charge in [0.15, 0.2) is 0 Å². The normalized spacial score (nSPS) is 18.2. The van der Waals surface area contributed by atoms with Crippen molar-refractivity contribution in [1.82, 2.24) is 0 Å². The van der Waals surface area contributed by atoms with Crippen LogP contribution >= 0.6 is 0 Å². The maximum atomic E-state index is 9.73. The Kier molecular flexibility index (Phi) is 9.53. The molecule has 27 aromatic carbocycles. The van der Waals surface area contributed by atoms with Crippen molar-refractivity contribution in [1.29, 1.82) is 0 Å². The summed E-state index contributed by atoms with van der Waals surface area (Å²) < 4.78 is 613. The van der Waals surface area contributed by atoms with Crippen LogP contribution in [0.3, 0.4) is 0 Å². The molecule has 0 N–H and O–H groups in total. The molecule has 0 aliphatic heterocycles. The fourth-order valence-electron chi connectivity index (χ4n) is 18.7. The Bertz CT molecular complexity index is 14500. The van der Waals surface area contributed by atoms with E-state index in [9.17, 15) is 38.4 Å². The summed E-state index contributed by atoms with van der Waals surface area (Å²) in [7, 11) is 0. The highest BCUT2D eigenvalue weighted by Gasteiger charge is 2.26. The van der Waals surface area contributed by atoms with Gasteiger partial charge in [0.2, 0.25) is 0 Å². The van der Waals surface area contributed by atoms with Crippen LogP contribution in [0.15, 0.2) is 533 Å².